The van der Waals surface area contributed by atoms with Crippen LogP contribution in [-0.2, 0) is 4.79 Å². The Kier molecular flexibility index (Phi) is 3.86. The van der Waals surface area contributed by atoms with Crippen molar-refractivity contribution in [3.63, 3.8) is 0 Å². The number of Topliss-reactive ketones (excluding diaryl/α,β-unsaturated/α-hetero) is 1. The van der Waals surface area contributed by atoms with E-state index in [0.29, 0.717) is 16.4 Å². The van der Waals surface area contributed by atoms with E-state index in [1.54, 1.807) is 24.3 Å². The van der Waals surface area contributed by atoms with Gasteiger partial charge in [-0.2, -0.15) is 5.10 Å². The Bertz CT molecular complexity index is 966. The number of H-pyrrole nitrogens is 1. The molecule has 124 valence electrons. The number of nitrogens with one attached hydrogen (secondary N) is 2. The molecule has 0 radical (unpaired) electrons. The van der Waals surface area contributed by atoms with Crippen molar-refractivity contribution in [1.82, 2.24) is 10.2 Å². The minimum Gasteiger partial charge on any atom is -0.309 e. The van der Waals surface area contributed by atoms with E-state index in [2.05, 4.69) is 15.5 Å². The second-order valence-corrected chi connectivity index (χ2v) is 6.34. The lowest BCUT2D eigenvalue weighted by molar-refractivity contribution is -0.116. The van der Waals surface area contributed by atoms with Crippen molar-refractivity contribution in [1.29, 1.82) is 0 Å². The Balaban J connectivity index is 1.82. The zero-order valence-corrected chi connectivity index (χ0v) is 13.9. The molecule has 0 saturated carbocycles. The summed E-state index contributed by atoms with van der Waals surface area (Å²) in [4.78, 5) is 25.1. The number of hydrogen-bond donors (Lipinski definition) is 2. The fourth-order valence-corrected chi connectivity index (χ4v) is 3.34. The van der Waals surface area contributed by atoms with E-state index in [1.165, 1.54) is 0 Å². The number of hydrogen-bond acceptors (Lipinski definition) is 3. The minimum atomic E-state index is -0.601. The van der Waals surface area contributed by atoms with E-state index in [9.17, 15) is 9.59 Å². The van der Waals surface area contributed by atoms with Crippen LogP contribution in [0, 0.1) is 0 Å². The number of carbonyl (C=O) groups is 2. The Morgan fingerprint density at radius 3 is 2.68 bits per heavy atom. The van der Waals surface area contributed by atoms with Crippen molar-refractivity contribution >= 4 is 29.1 Å². The number of aromatic nitrogens is 2. The highest BCUT2D eigenvalue weighted by atomic mass is 35.5. The summed E-state index contributed by atoms with van der Waals surface area (Å²) >= 11 is 6.01. The van der Waals surface area contributed by atoms with Crippen LogP contribution in [0.25, 0.3) is 11.3 Å². The number of nitrogens with zero attached hydrogens (tertiary/aromatic N) is 1. The van der Waals surface area contributed by atoms with Gasteiger partial charge in [0.25, 0.3) is 0 Å². The van der Waals surface area contributed by atoms with E-state index in [4.69, 9.17) is 11.6 Å². The highest BCUT2D eigenvalue weighted by molar-refractivity contribution is 6.31. The molecule has 1 aliphatic rings. The third kappa shape index (κ3) is 2.83. The zero-order valence-electron chi connectivity index (χ0n) is 13.1. The number of fused-ring (bicyclic) bond motifs is 1. The lowest BCUT2D eigenvalue weighted by Gasteiger charge is -2.22. The molecule has 25 heavy (non-hydrogen) atoms. The van der Waals surface area contributed by atoms with Gasteiger partial charge in [0.15, 0.2) is 11.6 Å². The van der Waals surface area contributed by atoms with E-state index in [0.717, 1.165) is 16.8 Å². The summed E-state index contributed by atoms with van der Waals surface area (Å²) in [6.07, 6.45) is 0.0811. The molecule has 2 aromatic carbocycles. The molecule has 0 fully saturated rings. The standard InChI is InChI=1S/C19H14ClN3O2/c20-13-8-4-7-12(9-13)18(25)14-10-15(24)21-19-16(14)17(22-23-19)11-5-2-1-3-6-11/h1-9,14H,10H2,(H2,21,22,23,24)/t14-/m1/s1. The second-order valence-electron chi connectivity index (χ2n) is 5.91. The van der Waals surface area contributed by atoms with Gasteiger partial charge in [0.05, 0.1) is 11.6 Å². The van der Waals surface area contributed by atoms with Gasteiger partial charge in [-0.1, -0.05) is 54.1 Å². The lowest BCUT2D eigenvalue weighted by Crippen LogP contribution is -2.27. The SMILES string of the molecule is O=C1C[C@@H](C(=O)c2cccc(Cl)c2)c2c(n[nH]c2-c2ccccc2)N1. The van der Waals surface area contributed by atoms with Crippen molar-refractivity contribution < 1.29 is 9.59 Å². The third-order valence-corrected chi connectivity index (χ3v) is 4.52. The topological polar surface area (TPSA) is 74.8 Å². The van der Waals surface area contributed by atoms with E-state index < -0.39 is 5.92 Å². The largest absolute Gasteiger partial charge is 0.309 e. The average Bonchev–Trinajstić information content (AvgIpc) is 3.05. The first kappa shape index (κ1) is 15.6. The molecule has 0 bridgehead atoms. The normalized spacial score (nSPS) is 16.2. The molecule has 1 amide bonds. The maximum atomic E-state index is 13.1. The summed E-state index contributed by atoms with van der Waals surface area (Å²) in [7, 11) is 0. The molecule has 6 heteroatoms. The summed E-state index contributed by atoms with van der Waals surface area (Å²) < 4.78 is 0. The van der Waals surface area contributed by atoms with Gasteiger partial charge in [-0.3, -0.25) is 14.7 Å². The predicted molar refractivity (Wildman–Crippen MR) is 95.8 cm³/mol. The van der Waals surface area contributed by atoms with E-state index in [-0.39, 0.29) is 18.1 Å². The van der Waals surface area contributed by atoms with Crippen LogP contribution in [0.3, 0.4) is 0 Å². The monoisotopic (exact) mass is 351 g/mol. The van der Waals surface area contributed by atoms with Gasteiger partial charge in [0.1, 0.15) is 0 Å². The van der Waals surface area contributed by atoms with Gasteiger partial charge in [0, 0.05) is 22.6 Å². The molecular weight excluding hydrogens is 338 g/mol. The van der Waals surface area contributed by atoms with Crippen LogP contribution in [0.4, 0.5) is 5.82 Å². The summed E-state index contributed by atoms with van der Waals surface area (Å²) in [6, 6.07) is 16.4. The molecular formula is C19H14ClN3O2. The molecule has 0 spiro atoms. The lowest BCUT2D eigenvalue weighted by atomic mass is 9.84. The van der Waals surface area contributed by atoms with Crippen LogP contribution in [0.5, 0.6) is 0 Å². The fourth-order valence-electron chi connectivity index (χ4n) is 3.15. The van der Waals surface area contributed by atoms with Gasteiger partial charge < -0.3 is 5.32 Å². The van der Waals surface area contributed by atoms with Crippen molar-refractivity contribution in [2.45, 2.75) is 12.3 Å². The quantitative estimate of drug-likeness (QED) is 0.699. The maximum absolute atomic E-state index is 13.1. The molecule has 1 aromatic heterocycles. The Morgan fingerprint density at radius 2 is 1.92 bits per heavy atom. The number of anilines is 1. The first-order valence-corrected chi connectivity index (χ1v) is 8.24. The van der Waals surface area contributed by atoms with Gasteiger partial charge in [-0.05, 0) is 17.7 Å². The summed E-state index contributed by atoms with van der Waals surface area (Å²) in [5.41, 5.74) is 2.86. The molecule has 2 heterocycles. The zero-order chi connectivity index (χ0) is 17.4. The molecule has 4 rings (SSSR count). The Morgan fingerprint density at radius 1 is 1.12 bits per heavy atom. The summed E-state index contributed by atoms with van der Waals surface area (Å²) in [6.45, 7) is 0. The number of carbonyl (C=O) groups excluding carboxylic acids is 2. The predicted octanol–water partition coefficient (Wildman–Crippen LogP) is 4.04. The number of halogens is 1. The molecule has 0 saturated heterocycles. The highest BCUT2D eigenvalue weighted by Crippen LogP contribution is 2.39. The fraction of sp³-hybridized carbons (Fsp3) is 0.105. The van der Waals surface area contributed by atoms with Crippen molar-refractivity contribution in [2.24, 2.45) is 0 Å². The average molecular weight is 352 g/mol. The number of ketones is 1. The number of rotatable bonds is 3. The third-order valence-electron chi connectivity index (χ3n) is 4.29. The van der Waals surface area contributed by atoms with Crippen molar-refractivity contribution in [3.05, 3.63) is 70.7 Å². The van der Waals surface area contributed by atoms with Crippen LogP contribution in [0.2, 0.25) is 5.02 Å². The molecule has 2 N–H and O–H groups in total. The summed E-state index contributed by atoms with van der Waals surface area (Å²) in [5.74, 6) is -0.553. The minimum absolute atomic E-state index is 0.0811. The van der Waals surface area contributed by atoms with Crippen molar-refractivity contribution in [2.75, 3.05) is 5.32 Å². The Labute approximate surface area is 149 Å². The highest BCUT2D eigenvalue weighted by Gasteiger charge is 2.35. The van der Waals surface area contributed by atoms with Crippen LogP contribution < -0.4 is 5.32 Å². The van der Waals surface area contributed by atoms with Gasteiger partial charge >= 0.3 is 0 Å². The van der Waals surface area contributed by atoms with Crippen LogP contribution in [0.15, 0.2) is 54.6 Å². The molecule has 0 aliphatic carbocycles. The number of amides is 1. The van der Waals surface area contributed by atoms with Crippen LogP contribution in [0.1, 0.15) is 28.3 Å². The van der Waals surface area contributed by atoms with Gasteiger partial charge in [-0.25, -0.2) is 0 Å². The molecule has 5 nitrogen and oxygen atoms in total. The molecule has 1 aliphatic heterocycles. The van der Waals surface area contributed by atoms with Crippen molar-refractivity contribution in [3.8, 4) is 11.3 Å². The first-order chi connectivity index (χ1) is 12.1. The summed E-state index contributed by atoms with van der Waals surface area (Å²) in [5, 5.41) is 10.4. The Hall–Kier alpha value is -2.92. The van der Waals surface area contributed by atoms with Gasteiger partial charge in [0.2, 0.25) is 5.91 Å². The molecule has 0 unspecified atom stereocenters. The van der Waals surface area contributed by atoms with E-state index >= 15 is 0 Å². The smallest absolute Gasteiger partial charge is 0.226 e. The van der Waals surface area contributed by atoms with E-state index in [1.807, 2.05) is 30.3 Å². The number of benzene rings is 2. The maximum Gasteiger partial charge on any atom is 0.226 e. The second kappa shape index (κ2) is 6.18. The van der Waals surface area contributed by atoms with Gasteiger partial charge in [-0.15, -0.1) is 0 Å². The van der Waals surface area contributed by atoms with Crippen LogP contribution in [-0.4, -0.2) is 21.9 Å². The number of aromatic amines is 1. The first-order valence-electron chi connectivity index (χ1n) is 7.87. The van der Waals surface area contributed by atoms with Crippen LogP contribution >= 0.6 is 11.6 Å². The molecule has 1 atom stereocenters. The molecule has 3 aromatic rings.